The minimum Gasteiger partial charge on any atom is -0.748 e. The second-order valence-electron chi connectivity index (χ2n) is 1.95. The summed E-state index contributed by atoms with van der Waals surface area (Å²) in [6.07, 6.45) is 0.186. The lowest BCUT2D eigenvalue weighted by atomic mass is 10.5. The quantitative estimate of drug-likeness (QED) is 0.418. The molecule has 0 heterocycles. The van der Waals surface area contributed by atoms with Gasteiger partial charge in [-0.25, -0.2) is 8.42 Å². The second-order valence-corrected chi connectivity index (χ2v) is 3.47. The van der Waals surface area contributed by atoms with Gasteiger partial charge in [-0.05, 0) is 6.42 Å². The zero-order chi connectivity index (χ0) is 8.74. The smallest absolute Gasteiger partial charge is 0.0946 e. The van der Waals surface area contributed by atoms with E-state index in [4.69, 9.17) is 9.84 Å². The maximum atomic E-state index is 10.0. The van der Waals surface area contributed by atoms with E-state index in [0.29, 0.717) is 0 Å². The van der Waals surface area contributed by atoms with Gasteiger partial charge in [0.25, 0.3) is 0 Å². The van der Waals surface area contributed by atoms with Crippen molar-refractivity contribution in [1.82, 2.24) is 0 Å². The van der Waals surface area contributed by atoms with Crippen LogP contribution in [-0.2, 0) is 14.9 Å². The Morgan fingerprint density at radius 2 is 2.00 bits per heavy atom. The number of hydrogen-bond acceptors (Lipinski definition) is 5. The number of aliphatic hydroxyl groups excluding tert-OH is 1. The largest absolute Gasteiger partial charge is 0.748 e. The maximum Gasteiger partial charge on any atom is 0.0946 e. The minimum absolute atomic E-state index is 0.0931. The standard InChI is InChI=1S/C5H12O5S/c6-2-4-10-3-1-5-11(7,8)9/h6H,1-5H2,(H,7,8,9)/p-1. The topological polar surface area (TPSA) is 86.7 Å². The van der Waals surface area contributed by atoms with Crippen LogP contribution in [-0.4, -0.2) is 43.7 Å². The van der Waals surface area contributed by atoms with Gasteiger partial charge < -0.3 is 14.4 Å². The van der Waals surface area contributed by atoms with Gasteiger partial charge in [0.1, 0.15) is 0 Å². The van der Waals surface area contributed by atoms with Crippen molar-refractivity contribution in [2.45, 2.75) is 6.42 Å². The molecule has 0 saturated carbocycles. The predicted molar refractivity (Wildman–Crippen MR) is 37.1 cm³/mol. The van der Waals surface area contributed by atoms with Crippen molar-refractivity contribution in [3.05, 3.63) is 0 Å². The highest BCUT2D eigenvalue weighted by molar-refractivity contribution is 7.85. The Morgan fingerprint density at radius 3 is 2.45 bits per heavy atom. The molecule has 1 N–H and O–H groups in total. The van der Waals surface area contributed by atoms with E-state index in [2.05, 4.69) is 0 Å². The number of aliphatic hydroxyl groups is 1. The molecule has 0 rings (SSSR count). The van der Waals surface area contributed by atoms with E-state index < -0.39 is 15.9 Å². The molecular formula is C5H11O5S-. The average Bonchev–Trinajstić information content (AvgIpc) is 1.85. The van der Waals surface area contributed by atoms with Crippen LogP contribution in [0.2, 0.25) is 0 Å². The van der Waals surface area contributed by atoms with Gasteiger partial charge in [0.05, 0.1) is 23.3 Å². The molecule has 0 aliphatic rings. The third kappa shape index (κ3) is 9.83. The molecule has 0 spiro atoms. The van der Waals surface area contributed by atoms with Crippen molar-refractivity contribution in [1.29, 1.82) is 0 Å². The van der Waals surface area contributed by atoms with Crippen molar-refractivity contribution in [3.63, 3.8) is 0 Å². The molecule has 0 aliphatic heterocycles. The summed E-state index contributed by atoms with van der Waals surface area (Å²) in [4.78, 5) is 0. The Balaban J connectivity index is 3.16. The summed E-state index contributed by atoms with van der Waals surface area (Å²) in [7, 11) is -4.10. The fourth-order valence-corrected chi connectivity index (χ4v) is 0.976. The molecule has 68 valence electrons. The number of hydrogen-bond donors (Lipinski definition) is 1. The molecule has 0 fully saturated rings. The molecule has 0 aromatic carbocycles. The van der Waals surface area contributed by atoms with E-state index >= 15 is 0 Å². The maximum absolute atomic E-state index is 10.0. The summed E-state index contributed by atoms with van der Waals surface area (Å²) in [5.74, 6) is -0.404. The van der Waals surface area contributed by atoms with Crippen LogP contribution in [0.1, 0.15) is 6.42 Å². The highest BCUT2D eigenvalue weighted by atomic mass is 32.2. The molecule has 11 heavy (non-hydrogen) atoms. The van der Waals surface area contributed by atoms with Crippen molar-refractivity contribution in [2.24, 2.45) is 0 Å². The van der Waals surface area contributed by atoms with Gasteiger partial charge in [-0.15, -0.1) is 0 Å². The summed E-state index contributed by atoms with van der Waals surface area (Å²) in [6, 6.07) is 0. The highest BCUT2D eigenvalue weighted by Crippen LogP contribution is 1.88. The van der Waals surface area contributed by atoms with Crippen LogP contribution in [0.3, 0.4) is 0 Å². The fourth-order valence-electron chi connectivity index (χ4n) is 0.504. The van der Waals surface area contributed by atoms with Crippen molar-refractivity contribution in [2.75, 3.05) is 25.6 Å². The van der Waals surface area contributed by atoms with Gasteiger partial charge in [-0.3, -0.25) is 0 Å². The summed E-state index contributed by atoms with van der Waals surface area (Å²) in [6.45, 7) is 0.283. The molecule has 0 saturated heterocycles. The predicted octanol–water partition coefficient (Wildman–Crippen LogP) is -1.07. The first-order valence-electron chi connectivity index (χ1n) is 3.18. The molecule has 6 heteroatoms. The Morgan fingerprint density at radius 1 is 1.36 bits per heavy atom. The molecule has 0 aromatic rings. The Bertz CT molecular complexity index is 173. The van der Waals surface area contributed by atoms with E-state index in [1.54, 1.807) is 0 Å². The Hall–Kier alpha value is -0.170. The molecule has 0 bridgehead atoms. The summed E-state index contributed by atoms with van der Waals surface area (Å²) < 4.78 is 34.7. The molecule has 0 amide bonds. The van der Waals surface area contributed by atoms with Crippen LogP contribution in [0.5, 0.6) is 0 Å². The van der Waals surface area contributed by atoms with E-state index in [-0.39, 0.29) is 26.2 Å². The van der Waals surface area contributed by atoms with Crippen LogP contribution >= 0.6 is 0 Å². The molecular weight excluding hydrogens is 172 g/mol. The van der Waals surface area contributed by atoms with Crippen LogP contribution in [0.25, 0.3) is 0 Å². The second kappa shape index (κ2) is 5.48. The Kier molecular flexibility index (Phi) is 5.39. The lowest BCUT2D eigenvalue weighted by molar-refractivity contribution is 0.0929. The molecule has 0 atom stereocenters. The van der Waals surface area contributed by atoms with Crippen molar-refractivity contribution >= 4 is 10.1 Å². The van der Waals surface area contributed by atoms with Gasteiger partial charge in [0.15, 0.2) is 0 Å². The van der Waals surface area contributed by atoms with Gasteiger partial charge >= 0.3 is 0 Å². The zero-order valence-electron chi connectivity index (χ0n) is 6.02. The summed E-state index contributed by atoms with van der Waals surface area (Å²) in [5.41, 5.74) is 0. The zero-order valence-corrected chi connectivity index (χ0v) is 6.84. The van der Waals surface area contributed by atoms with Crippen molar-refractivity contribution in [3.8, 4) is 0 Å². The van der Waals surface area contributed by atoms with Gasteiger partial charge in [0.2, 0.25) is 0 Å². The van der Waals surface area contributed by atoms with Crippen LogP contribution in [0, 0.1) is 0 Å². The lowest BCUT2D eigenvalue weighted by Crippen LogP contribution is -2.08. The molecule has 5 nitrogen and oxygen atoms in total. The van der Waals surface area contributed by atoms with Crippen LogP contribution < -0.4 is 0 Å². The van der Waals surface area contributed by atoms with Gasteiger partial charge in [-0.2, -0.15) is 0 Å². The molecule has 0 unspecified atom stereocenters. The normalized spacial score (nSPS) is 11.8. The lowest BCUT2D eigenvalue weighted by Gasteiger charge is -2.05. The Labute approximate surface area is 65.7 Å². The van der Waals surface area contributed by atoms with E-state index in [1.807, 2.05) is 0 Å². The van der Waals surface area contributed by atoms with E-state index in [0.717, 1.165) is 0 Å². The van der Waals surface area contributed by atoms with Gasteiger partial charge in [-0.1, -0.05) is 0 Å². The first kappa shape index (κ1) is 10.8. The van der Waals surface area contributed by atoms with Crippen LogP contribution in [0.15, 0.2) is 0 Å². The van der Waals surface area contributed by atoms with Gasteiger partial charge in [0, 0.05) is 12.4 Å². The average molecular weight is 183 g/mol. The fraction of sp³-hybridized carbons (Fsp3) is 1.00. The molecule has 0 aliphatic carbocycles. The minimum atomic E-state index is -4.10. The SMILES string of the molecule is O=S(=O)([O-])CCCOCCO. The molecule has 0 radical (unpaired) electrons. The first-order valence-corrected chi connectivity index (χ1v) is 4.76. The monoisotopic (exact) mass is 183 g/mol. The van der Waals surface area contributed by atoms with E-state index in [1.165, 1.54) is 0 Å². The summed E-state index contributed by atoms with van der Waals surface area (Å²) in [5, 5.41) is 8.22. The summed E-state index contributed by atoms with van der Waals surface area (Å²) >= 11 is 0. The first-order chi connectivity index (χ1) is 5.06. The van der Waals surface area contributed by atoms with E-state index in [9.17, 15) is 13.0 Å². The number of ether oxygens (including phenoxy) is 1. The van der Waals surface area contributed by atoms with Crippen molar-refractivity contribution < 1.29 is 22.8 Å². The van der Waals surface area contributed by atoms with Crippen LogP contribution in [0.4, 0.5) is 0 Å². The third-order valence-electron chi connectivity index (χ3n) is 0.919. The third-order valence-corrected chi connectivity index (χ3v) is 1.71. The number of rotatable bonds is 6. The molecule has 0 aromatic heterocycles. The highest BCUT2D eigenvalue weighted by Gasteiger charge is 1.94.